The molecule has 7 heteroatoms. The Morgan fingerprint density at radius 1 is 0.864 bits per heavy atom. The molecule has 0 saturated carbocycles. The Kier molecular flexibility index (Phi) is 17.2. The molecule has 1 heterocycles. The lowest BCUT2D eigenvalue weighted by molar-refractivity contribution is -0.141. The van der Waals surface area contributed by atoms with Gasteiger partial charge in [-0.2, -0.15) is 0 Å². The second kappa shape index (κ2) is 20.3. The monoisotopic (exact) mass is 600 g/mol. The van der Waals surface area contributed by atoms with Gasteiger partial charge in [-0.05, 0) is 46.0 Å². The number of carbonyl (C=O) groups excluding carboxylic acids is 3. The van der Waals surface area contributed by atoms with Crippen LogP contribution in [0.25, 0.3) is 10.8 Å². The molecule has 1 N–H and O–H groups in total. The summed E-state index contributed by atoms with van der Waals surface area (Å²) in [6, 6.07) is 20.0. The Hall–Kier alpha value is -4.65. The van der Waals surface area contributed by atoms with Crippen molar-refractivity contribution in [1.82, 2.24) is 4.90 Å². The first-order valence-electron chi connectivity index (χ1n) is 15.3. The largest absolute Gasteiger partial charge is 0.469 e. The molecule has 0 bridgehead atoms. The van der Waals surface area contributed by atoms with E-state index in [2.05, 4.69) is 18.5 Å². The third-order valence-electron chi connectivity index (χ3n) is 6.60. The summed E-state index contributed by atoms with van der Waals surface area (Å²) in [6.45, 7) is 20.1. The molecule has 44 heavy (non-hydrogen) atoms. The summed E-state index contributed by atoms with van der Waals surface area (Å²) in [5.41, 5.74) is 3.24. The van der Waals surface area contributed by atoms with Crippen molar-refractivity contribution in [2.75, 3.05) is 19.0 Å². The number of rotatable bonds is 8. The molecule has 0 radical (unpaired) electrons. The molecular formula is C37H48N2O5. The van der Waals surface area contributed by atoms with Gasteiger partial charge >= 0.3 is 12.1 Å². The van der Waals surface area contributed by atoms with E-state index < -0.39 is 18.1 Å². The van der Waals surface area contributed by atoms with Crippen molar-refractivity contribution in [1.29, 1.82) is 0 Å². The minimum Gasteiger partial charge on any atom is -0.469 e. The van der Waals surface area contributed by atoms with Crippen molar-refractivity contribution in [3.63, 3.8) is 0 Å². The van der Waals surface area contributed by atoms with Crippen LogP contribution in [0.1, 0.15) is 70.3 Å². The van der Waals surface area contributed by atoms with Gasteiger partial charge in [-0.3, -0.25) is 14.9 Å². The molecule has 0 unspecified atom stereocenters. The van der Waals surface area contributed by atoms with Crippen molar-refractivity contribution in [2.24, 2.45) is 0 Å². The van der Waals surface area contributed by atoms with Crippen LogP contribution in [0, 0.1) is 0 Å². The maximum atomic E-state index is 14.1. The maximum Gasteiger partial charge on any atom is 0.411 e. The molecular weight excluding hydrogens is 552 g/mol. The number of allylic oxidation sites excluding steroid dienone is 1. The number of amides is 2. The predicted octanol–water partition coefficient (Wildman–Crippen LogP) is 9.11. The lowest BCUT2D eigenvalue weighted by Gasteiger charge is -2.37. The van der Waals surface area contributed by atoms with E-state index in [1.165, 1.54) is 7.11 Å². The summed E-state index contributed by atoms with van der Waals surface area (Å²) >= 11 is 0. The molecule has 3 aromatic rings. The lowest BCUT2D eigenvalue weighted by atomic mass is 9.91. The number of hydrogen-bond acceptors (Lipinski definition) is 5. The first-order chi connectivity index (χ1) is 21.4. The van der Waals surface area contributed by atoms with E-state index >= 15 is 0 Å². The fourth-order valence-electron chi connectivity index (χ4n) is 4.56. The van der Waals surface area contributed by atoms with Crippen LogP contribution in [0.3, 0.4) is 0 Å². The van der Waals surface area contributed by atoms with Gasteiger partial charge in [-0.1, -0.05) is 121 Å². The molecule has 0 aromatic heterocycles. The molecule has 236 valence electrons. The van der Waals surface area contributed by atoms with Crippen LogP contribution < -0.4 is 5.32 Å². The van der Waals surface area contributed by atoms with E-state index in [0.29, 0.717) is 17.7 Å². The highest BCUT2D eigenvalue weighted by molar-refractivity contribution is 6.07. The van der Waals surface area contributed by atoms with Gasteiger partial charge < -0.3 is 14.4 Å². The van der Waals surface area contributed by atoms with Gasteiger partial charge in [0.25, 0.3) is 5.91 Å². The molecule has 0 spiro atoms. The zero-order valence-corrected chi connectivity index (χ0v) is 27.3. The number of methoxy groups -OCH3 is 1. The fraction of sp³-hybridized carbons (Fsp3) is 0.324. The van der Waals surface area contributed by atoms with E-state index in [0.717, 1.165) is 27.5 Å². The molecule has 7 nitrogen and oxygen atoms in total. The SMILES string of the molecule is C=CC1=C(C=C)CN(C(=O)c2cc3ccccc3cc2NC(=O)OCc2ccccc2)[C@@H](CC(=O)OC)C1.CC.CC.CC. The number of nitrogens with one attached hydrogen (secondary N) is 1. The second-order valence-corrected chi connectivity index (χ2v) is 8.96. The summed E-state index contributed by atoms with van der Waals surface area (Å²) in [4.78, 5) is 40.7. The number of fused-ring (bicyclic) bond motifs is 1. The van der Waals surface area contributed by atoms with Crippen molar-refractivity contribution >= 4 is 34.4 Å². The summed E-state index contributed by atoms with van der Waals surface area (Å²) < 4.78 is 10.3. The van der Waals surface area contributed by atoms with Crippen LogP contribution in [-0.4, -0.2) is 42.6 Å². The van der Waals surface area contributed by atoms with Crippen LogP contribution >= 0.6 is 0 Å². The van der Waals surface area contributed by atoms with Gasteiger partial charge in [-0.25, -0.2) is 4.79 Å². The van der Waals surface area contributed by atoms with E-state index in [1.807, 2.05) is 96.1 Å². The third kappa shape index (κ3) is 10.3. The number of anilines is 1. The van der Waals surface area contributed by atoms with Crippen LogP contribution in [0.5, 0.6) is 0 Å². The van der Waals surface area contributed by atoms with Crippen LogP contribution in [0.2, 0.25) is 0 Å². The number of benzene rings is 3. The summed E-state index contributed by atoms with van der Waals surface area (Å²) in [7, 11) is 1.32. The fourth-order valence-corrected chi connectivity index (χ4v) is 4.56. The topological polar surface area (TPSA) is 84.9 Å². The van der Waals surface area contributed by atoms with Crippen molar-refractivity contribution < 1.29 is 23.9 Å². The Morgan fingerprint density at radius 2 is 1.43 bits per heavy atom. The third-order valence-corrected chi connectivity index (χ3v) is 6.60. The first-order valence-corrected chi connectivity index (χ1v) is 15.3. The average Bonchev–Trinajstić information content (AvgIpc) is 3.09. The van der Waals surface area contributed by atoms with E-state index in [4.69, 9.17) is 9.47 Å². The smallest absolute Gasteiger partial charge is 0.411 e. The normalized spacial score (nSPS) is 13.4. The van der Waals surface area contributed by atoms with Crippen molar-refractivity contribution in [3.8, 4) is 0 Å². The van der Waals surface area contributed by atoms with Crippen LogP contribution in [0.4, 0.5) is 10.5 Å². The standard InChI is InChI=1S/C31H30N2O5.3C2H6/c1-4-22-15-26(18-29(34)37-3)33(19-23(22)5-2)30(35)27-16-24-13-9-10-14-25(24)17-28(27)32-31(36)38-20-21-11-7-6-8-12-21;3*1-2/h4-14,16-17,26H,1-2,15,18-20H2,3H3,(H,32,36);3*1-2H3/t26-;;;/m1.../s1. The van der Waals surface area contributed by atoms with Gasteiger partial charge in [0.15, 0.2) is 0 Å². The first kappa shape index (κ1) is 37.4. The maximum absolute atomic E-state index is 14.1. The Morgan fingerprint density at radius 3 is 2.00 bits per heavy atom. The number of hydrogen-bond donors (Lipinski definition) is 1. The molecule has 0 saturated heterocycles. The van der Waals surface area contributed by atoms with Gasteiger partial charge in [0.1, 0.15) is 6.61 Å². The molecule has 3 aromatic carbocycles. The molecule has 0 aliphatic carbocycles. The number of nitrogens with zero attached hydrogens (tertiary/aromatic N) is 1. The van der Waals surface area contributed by atoms with Crippen LogP contribution in [0.15, 0.2) is 103 Å². The minimum atomic E-state index is -0.677. The highest BCUT2D eigenvalue weighted by atomic mass is 16.5. The molecule has 2 amide bonds. The zero-order chi connectivity index (χ0) is 33.1. The van der Waals surface area contributed by atoms with Gasteiger partial charge in [-0.15, -0.1) is 0 Å². The molecule has 1 aliphatic heterocycles. The lowest BCUT2D eigenvalue weighted by Crippen LogP contribution is -2.45. The quantitative estimate of drug-likeness (QED) is 0.261. The Balaban J connectivity index is 0.00000152. The van der Waals surface area contributed by atoms with E-state index in [9.17, 15) is 14.4 Å². The predicted molar refractivity (Wildman–Crippen MR) is 182 cm³/mol. The van der Waals surface area contributed by atoms with Crippen molar-refractivity contribution in [3.05, 3.63) is 114 Å². The van der Waals surface area contributed by atoms with E-state index in [-0.39, 0.29) is 25.5 Å². The number of ether oxygens (including phenoxy) is 2. The van der Waals surface area contributed by atoms with Gasteiger partial charge in [0, 0.05) is 12.6 Å². The number of carbonyl (C=O) groups is 3. The molecule has 4 rings (SSSR count). The number of esters is 1. The highest BCUT2D eigenvalue weighted by Gasteiger charge is 2.33. The van der Waals surface area contributed by atoms with Gasteiger partial charge in [0.2, 0.25) is 0 Å². The highest BCUT2D eigenvalue weighted by Crippen LogP contribution is 2.32. The average molecular weight is 601 g/mol. The van der Waals surface area contributed by atoms with E-state index in [1.54, 1.807) is 29.2 Å². The summed E-state index contributed by atoms with van der Waals surface area (Å²) in [6.07, 6.45) is 3.21. The molecule has 1 atom stereocenters. The zero-order valence-electron chi connectivity index (χ0n) is 27.3. The Bertz CT molecular complexity index is 1410. The van der Waals surface area contributed by atoms with Crippen LogP contribution in [-0.2, 0) is 20.9 Å². The molecule has 0 fully saturated rings. The van der Waals surface area contributed by atoms with Gasteiger partial charge in [0.05, 0.1) is 24.8 Å². The Labute approximate surface area is 263 Å². The van der Waals surface area contributed by atoms with Crippen molar-refractivity contribution in [2.45, 2.75) is 67.0 Å². The molecule has 1 aliphatic rings. The summed E-state index contributed by atoms with van der Waals surface area (Å²) in [5, 5.41) is 4.45. The minimum absolute atomic E-state index is 0.0272. The second-order valence-electron chi connectivity index (χ2n) is 8.96. The summed E-state index contributed by atoms with van der Waals surface area (Å²) in [5.74, 6) is -0.745.